The average molecular weight is 332 g/mol. The fraction of sp³-hybridized carbons (Fsp3) is 0.667. The molecule has 0 N–H and O–H groups in total. The second-order valence-electron chi connectivity index (χ2n) is 6.80. The Labute approximate surface area is 146 Å². The topological polar surface area (TPSA) is 35.5 Å². The van der Waals surface area contributed by atoms with Crippen LogP contribution in [0.3, 0.4) is 0 Å². The first-order valence-corrected chi connectivity index (χ1v) is 9.66. The van der Waals surface area contributed by atoms with Crippen LogP contribution in [-0.2, 0) is 9.53 Å². The number of benzene rings is 1. The van der Waals surface area contributed by atoms with E-state index in [9.17, 15) is 4.79 Å². The third kappa shape index (κ3) is 5.85. The molecule has 24 heavy (non-hydrogen) atoms. The summed E-state index contributed by atoms with van der Waals surface area (Å²) >= 11 is 0. The van der Waals surface area contributed by atoms with Gasteiger partial charge in [0.05, 0.1) is 6.61 Å². The number of carbonyl (C=O) groups is 1. The van der Waals surface area contributed by atoms with E-state index in [2.05, 4.69) is 32.0 Å². The van der Waals surface area contributed by atoms with Crippen LogP contribution in [0.2, 0.25) is 0 Å². The first kappa shape index (κ1) is 18.8. The maximum atomic E-state index is 12.1. The predicted octanol–water partition coefficient (Wildman–Crippen LogP) is 5.63. The number of esters is 1. The van der Waals surface area contributed by atoms with Crippen LogP contribution in [0.5, 0.6) is 5.75 Å². The zero-order valence-corrected chi connectivity index (χ0v) is 15.3. The molecule has 0 radical (unpaired) electrons. The highest BCUT2D eigenvalue weighted by molar-refractivity contribution is 5.69. The molecule has 0 unspecified atom stereocenters. The van der Waals surface area contributed by atoms with Crippen molar-refractivity contribution in [1.82, 2.24) is 0 Å². The van der Waals surface area contributed by atoms with E-state index in [1.54, 1.807) is 0 Å². The lowest BCUT2D eigenvalue weighted by Gasteiger charge is -2.31. The highest BCUT2D eigenvalue weighted by atomic mass is 16.5. The third-order valence-electron chi connectivity index (χ3n) is 4.73. The molecular formula is C21H32O3. The summed E-state index contributed by atoms with van der Waals surface area (Å²) in [6.45, 7) is 5.00. The lowest BCUT2D eigenvalue weighted by molar-refractivity contribution is -0.151. The van der Waals surface area contributed by atoms with Gasteiger partial charge in [0, 0.05) is 12.3 Å². The van der Waals surface area contributed by atoms with Gasteiger partial charge in [0.1, 0.15) is 11.9 Å². The first-order chi connectivity index (χ1) is 11.7. The Morgan fingerprint density at radius 1 is 1.12 bits per heavy atom. The van der Waals surface area contributed by atoms with Gasteiger partial charge in [-0.1, -0.05) is 45.2 Å². The highest BCUT2D eigenvalue weighted by Crippen LogP contribution is 2.36. The first-order valence-electron chi connectivity index (χ1n) is 9.66. The van der Waals surface area contributed by atoms with Gasteiger partial charge in [0.15, 0.2) is 0 Å². The maximum absolute atomic E-state index is 12.1. The van der Waals surface area contributed by atoms with Crippen molar-refractivity contribution >= 4 is 5.97 Å². The predicted molar refractivity (Wildman–Crippen MR) is 97.5 cm³/mol. The second-order valence-corrected chi connectivity index (χ2v) is 6.80. The summed E-state index contributed by atoms with van der Waals surface area (Å²) in [5, 5.41) is 0. The number of hydrogen-bond donors (Lipinski definition) is 0. The molecule has 3 heteroatoms. The molecule has 1 aromatic carbocycles. The van der Waals surface area contributed by atoms with E-state index in [-0.39, 0.29) is 12.1 Å². The molecule has 134 valence electrons. The Hall–Kier alpha value is -1.51. The van der Waals surface area contributed by atoms with Crippen LogP contribution >= 0.6 is 0 Å². The quantitative estimate of drug-likeness (QED) is 0.434. The van der Waals surface area contributed by atoms with Crippen molar-refractivity contribution < 1.29 is 14.3 Å². The number of unbranched alkanes of at least 4 members (excludes halogenated alkanes) is 2. The van der Waals surface area contributed by atoms with Crippen molar-refractivity contribution in [3.63, 3.8) is 0 Å². The molecule has 0 spiro atoms. The molecule has 2 atom stereocenters. The Morgan fingerprint density at radius 3 is 2.75 bits per heavy atom. The SMILES string of the molecule is CCCCCC(=O)O[C@@H]1CCCC[C@H]1c1cccc(OCCC)c1. The number of carbonyl (C=O) groups excluding carboxylic acids is 1. The van der Waals surface area contributed by atoms with Crippen molar-refractivity contribution in [3.8, 4) is 5.75 Å². The van der Waals surface area contributed by atoms with Gasteiger partial charge in [0.2, 0.25) is 0 Å². The molecule has 0 aromatic heterocycles. The average Bonchev–Trinajstić information content (AvgIpc) is 2.61. The van der Waals surface area contributed by atoms with Crippen LogP contribution < -0.4 is 4.74 Å². The fourth-order valence-electron chi connectivity index (χ4n) is 3.42. The van der Waals surface area contributed by atoms with Crippen LogP contribution in [0.4, 0.5) is 0 Å². The van der Waals surface area contributed by atoms with Crippen molar-refractivity contribution in [3.05, 3.63) is 29.8 Å². The summed E-state index contributed by atoms with van der Waals surface area (Å²) in [5.41, 5.74) is 1.25. The molecule has 0 bridgehead atoms. The Kier molecular flexibility index (Phi) is 8.14. The van der Waals surface area contributed by atoms with E-state index < -0.39 is 0 Å². The van der Waals surface area contributed by atoms with Gasteiger partial charge < -0.3 is 9.47 Å². The van der Waals surface area contributed by atoms with E-state index in [0.717, 1.165) is 57.3 Å². The van der Waals surface area contributed by atoms with Crippen molar-refractivity contribution in [1.29, 1.82) is 0 Å². The Morgan fingerprint density at radius 2 is 1.96 bits per heavy atom. The minimum atomic E-state index is -0.0289. The molecule has 0 amide bonds. The summed E-state index contributed by atoms with van der Waals surface area (Å²) in [6, 6.07) is 8.33. The summed E-state index contributed by atoms with van der Waals surface area (Å²) in [4.78, 5) is 12.1. The summed E-state index contributed by atoms with van der Waals surface area (Å²) in [6.07, 6.45) is 9.16. The molecule has 1 saturated carbocycles. The van der Waals surface area contributed by atoms with Crippen molar-refractivity contribution in [2.24, 2.45) is 0 Å². The molecule has 1 aliphatic carbocycles. The number of hydrogen-bond acceptors (Lipinski definition) is 3. The van der Waals surface area contributed by atoms with Crippen LogP contribution in [0.1, 0.15) is 83.1 Å². The largest absolute Gasteiger partial charge is 0.494 e. The number of ether oxygens (including phenoxy) is 2. The smallest absolute Gasteiger partial charge is 0.306 e. The molecule has 1 fully saturated rings. The van der Waals surface area contributed by atoms with Crippen LogP contribution in [0.25, 0.3) is 0 Å². The molecule has 0 heterocycles. The van der Waals surface area contributed by atoms with E-state index in [0.29, 0.717) is 12.3 Å². The van der Waals surface area contributed by atoms with E-state index >= 15 is 0 Å². The van der Waals surface area contributed by atoms with Crippen molar-refractivity contribution in [2.45, 2.75) is 83.7 Å². The van der Waals surface area contributed by atoms with E-state index in [4.69, 9.17) is 9.47 Å². The van der Waals surface area contributed by atoms with Gasteiger partial charge in [-0.05, 0) is 49.8 Å². The monoisotopic (exact) mass is 332 g/mol. The number of rotatable bonds is 9. The van der Waals surface area contributed by atoms with E-state index in [1.165, 1.54) is 12.0 Å². The summed E-state index contributed by atoms with van der Waals surface area (Å²) in [5.74, 6) is 1.20. The van der Waals surface area contributed by atoms with Gasteiger partial charge in [-0.2, -0.15) is 0 Å². The zero-order chi connectivity index (χ0) is 17.2. The van der Waals surface area contributed by atoms with Gasteiger partial charge in [-0.25, -0.2) is 0 Å². The lowest BCUT2D eigenvalue weighted by Crippen LogP contribution is -2.28. The minimum Gasteiger partial charge on any atom is -0.494 e. The maximum Gasteiger partial charge on any atom is 0.306 e. The van der Waals surface area contributed by atoms with Gasteiger partial charge in [-0.3, -0.25) is 4.79 Å². The summed E-state index contributed by atoms with van der Waals surface area (Å²) in [7, 11) is 0. The zero-order valence-electron chi connectivity index (χ0n) is 15.3. The Balaban J connectivity index is 1.99. The third-order valence-corrected chi connectivity index (χ3v) is 4.73. The molecule has 1 aromatic rings. The van der Waals surface area contributed by atoms with Crippen LogP contribution in [0.15, 0.2) is 24.3 Å². The molecular weight excluding hydrogens is 300 g/mol. The van der Waals surface area contributed by atoms with Crippen LogP contribution in [0, 0.1) is 0 Å². The van der Waals surface area contributed by atoms with Gasteiger partial charge in [-0.15, -0.1) is 0 Å². The molecule has 2 rings (SSSR count). The minimum absolute atomic E-state index is 0.0225. The normalized spacial score (nSPS) is 20.6. The fourth-order valence-corrected chi connectivity index (χ4v) is 3.42. The molecule has 1 aliphatic rings. The Bertz CT molecular complexity index is 498. The molecule has 3 nitrogen and oxygen atoms in total. The van der Waals surface area contributed by atoms with Gasteiger partial charge in [0.25, 0.3) is 0 Å². The summed E-state index contributed by atoms with van der Waals surface area (Å²) < 4.78 is 11.6. The van der Waals surface area contributed by atoms with E-state index in [1.807, 2.05) is 6.07 Å². The highest BCUT2D eigenvalue weighted by Gasteiger charge is 2.29. The van der Waals surface area contributed by atoms with Gasteiger partial charge >= 0.3 is 5.97 Å². The van der Waals surface area contributed by atoms with Crippen LogP contribution in [-0.4, -0.2) is 18.7 Å². The lowest BCUT2D eigenvalue weighted by atomic mass is 9.81. The molecule has 0 aliphatic heterocycles. The standard InChI is InChI=1S/C21H32O3/c1-3-5-6-14-21(22)24-20-13-8-7-12-19(20)17-10-9-11-18(16-17)23-15-4-2/h9-11,16,19-20H,3-8,12-15H2,1-2H3/t19-,20+/m0/s1. The van der Waals surface area contributed by atoms with Crippen molar-refractivity contribution in [2.75, 3.05) is 6.61 Å². The molecule has 0 saturated heterocycles. The second kappa shape index (κ2) is 10.4.